The van der Waals surface area contributed by atoms with Gasteiger partial charge in [-0.25, -0.2) is 9.98 Å². The fourth-order valence-electron chi connectivity index (χ4n) is 1.27. The maximum atomic E-state index is 3.74. The minimum absolute atomic E-state index is 0. The van der Waals surface area contributed by atoms with Gasteiger partial charge in [0.25, 0.3) is 0 Å². The first-order chi connectivity index (χ1) is 14.0. The van der Waals surface area contributed by atoms with E-state index in [-0.39, 0.29) is 37.7 Å². The molecule has 0 aromatic rings. The van der Waals surface area contributed by atoms with Crippen molar-refractivity contribution in [2.75, 3.05) is 19.8 Å². The van der Waals surface area contributed by atoms with Crippen LogP contribution in [0.4, 0.5) is 0 Å². The van der Waals surface area contributed by atoms with Gasteiger partial charge in [0.1, 0.15) is 6.67 Å². The molecule has 4 aliphatic rings. The molecule has 0 spiro atoms. The van der Waals surface area contributed by atoms with Crippen molar-refractivity contribution in [1.29, 1.82) is 0 Å². The summed E-state index contributed by atoms with van der Waals surface area (Å²) in [6.07, 6.45) is 22.4. The molecule has 0 saturated heterocycles. The van der Waals surface area contributed by atoms with Gasteiger partial charge < -0.3 is 0 Å². The summed E-state index contributed by atoms with van der Waals surface area (Å²) < 4.78 is 0. The predicted molar refractivity (Wildman–Crippen MR) is 133 cm³/mol. The van der Waals surface area contributed by atoms with Gasteiger partial charge in [0.2, 0.25) is 0 Å². The summed E-state index contributed by atoms with van der Waals surface area (Å²) in [7, 11) is 0. The van der Waals surface area contributed by atoms with Crippen LogP contribution >= 0.6 is 0 Å². The van der Waals surface area contributed by atoms with Crippen molar-refractivity contribution >= 4 is 18.4 Å². The molecule has 0 amide bonds. The molecule has 0 fully saturated rings. The fraction of sp³-hybridized carbons (Fsp3) is 0.542. The van der Waals surface area contributed by atoms with Crippen LogP contribution in [0.5, 0.6) is 0 Å². The molecular formula is C24H44ArN4. The van der Waals surface area contributed by atoms with E-state index < -0.39 is 0 Å². The predicted octanol–water partition coefficient (Wildman–Crippen LogP) is 7.38. The summed E-state index contributed by atoms with van der Waals surface area (Å²) in [5.74, 6) is 0. The van der Waals surface area contributed by atoms with Crippen LogP contribution in [0.25, 0.3) is 0 Å². The quantitative estimate of drug-likeness (QED) is 0.386. The zero-order valence-corrected chi connectivity index (χ0v) is 20.7. The Bertz CT molecular complexity index is 391. The Kier molecular flexibility index (Phi) is 67.1. The third-order valence-corrected chi connectivity index (χ3v) is 2.22. The van der Waals surface area contributed by atoms with E-state index in [2.05, 4.69) is 74.6 Å². The van der Waals surface area contributed by atoms with E-state index in [0.717, 1.165) is 25.9 Å². The van der Waals surface area contributed by atoms with Crippen LogP contribution in [0.15, 0.2) is 68.6 Å². The van der Waals surface area contributed by atoms with Crippen molar-refractivity contribution in [3.8, 4) is 0 Å². The van der Waals surface area contributed by atoms with Crippen molar-refractivity contribution < 1.29 is 37.7 Å². The molecular weight excluding hydrogens is 384 g/mol. The molecule has 2 aliphatic heterocycles. The molecule has 0 N–H and O–H groups in total. The smallest absolute Gasteiger partial charge is 0.129 e. The van der Waals surface area contributed by atoms with Gasteiger partial charge >= 0.3 is 0 Å². The second-order valence-electron chi connectivity index (χ2n) is 3.85. The van der Waals surface area contributed by atoms with E-state index in [1.807, 2.05) is 55.4 Å². The SMILES string of the molecule is C1=CCC=C1.C1=CCC=C1.C1=NCCN=1.C1=NCN=C1.CC.CC.CC.CC.[Ar]. The average molecular weight is 429 g/mol. The van der Waals surface area contributed by atoms with E-state index in [0.29, 0.717) is 6.67 Å². The van der Waals surface area contributed by atoms with Crippen molar-refractivity contribution in [3.63, 3.8) is 0 Å². The van der Waals surface area contributed by atoms with Gasteiger partial charge in [0.15, 0.2) is 0 Å². The molecule has 0 atom stereocenters. The first-order valence-electron chi connectivity index (χ1n) is 10.7. The number of nitrogens with zero attached hydrogens (tertiary/aromatic N) is 4. The van der Waals surface area contributed by atoms with Crippen molar-refractivity contribution in [2.24, 2.45) is 20.0 Å². The van der Waals surface area contributed by atoms with Crippen LogP contribution in [0, 0.1) is 37.7 Å². The number of hydrogen-bond donors (Lipinski definition) is 0. The Morgan fingerprint density at radius 2 is 0.862 bits per heavy atom. The Morgan fingerprint density at radius 3 is 0.966 bits per heavy atom. The van der Waals surface area contributed by atoms with Crippen molar-refractivity contribution in [3.05, 3.63) is 48.6 Å². The van der Waals surface area contributed by atoms with Crippen molar-refractivity contribution in [1.82, 2.24) is 0 Å². The van der Waals surface area contributed by atoms with Crippen LogP contribution in [-0.4, -0.2) is 38.2 Å². The molecule has 29 heavy (non-hydrogen) atoms. The molecule has 5 heteroatoms. The summed E-state index contributed by atoms with van der Waals surface area (Å²) in [4.78, 5) is 14.8. The average Bonchev–Trinajstić information content (AvgIpc) is 3.66. The van der Waals surface area contributed by atoms with Gasteiger partial charge in [0.05, 0.1) is 19.1 Å². The molecule has 0 radical (unpaired) electrons. The number of hydrogen-bond acceptors (Lipinski definition) is 4. The van der Waals surface area contributed by atoms with E-state index >= 15 is 0 Å². The molecule has 0 aromatic heterocycles. The Balaban J connectivity index is -0.0000000785. The molecule has 168 valence electrons. The van der Waals surface area contributed by atoms with Crippen LogP contribution in [0.2, 0.25) is 0 Å². The second kappa shape index (κ2) is 50.5. The molecule has 0 bridgehead atoms. The van der Waals surface area contributed by atoms with Gasteiger partial charge in [-0.3, -0.25) is 9.98 Å². The molecule has 4 rings (SSSR count). The minimum atomic E-state index is 0. The summed E-state index contributed by atoms with van der Waals surface area (Å²) in [5.41, 5.74) is 0. The summed E-state index contributed by atoms with van der Waals surface area (Å²) in [6.45, 7) is 18.3. The van der Waals surface area contributed by atoms with E-state index in [9.17, 15) is 0 Å². The van der Waals surface area contributed by atoms with Gasteiger partial charge in [-0.2, -0.15) is 0 Å². The maximum Gasteiger partial charge on any atom is 0.129 e. The zero-order valence-electron chi connectivity index (χ0n) is 20.0. The summed E-state index contributed by atoms with van der Waals surface area (Å²) in [5, 5.41) is 0. The van der Waals surface area contributed by atoms with Gasteiger partial charge in [-0.1, -0.05) is 104 Å². The van der Waals surface area contributed by atoms with Crippen LogP contribution < -0.4 is 0 Å². The Morgan fingerprint density at radius 1 is 0.552 bits per heavy atom. The van der Waals surface area contributed by atoms with Crippen LogP contribution in [-0.2, 0) is 0 Å². The standard InChI is InChI=1S/2C5H6.2C3H4N2.4C2H6.Ar/c2*1-2-4-5-3-1;2*1-2-5-3-4-1;4*1-2;/h2*1-4H,5H2;1-2H2;1-2H,3H2;4*1-2H3;. The molecule has 0 unspecified atom stereocenters. The minimum Gasteiger partial charge on any atom is -0.268 e. The monoisotopic (exact) mass is 428 g/mol. The Labute approximate surface area is 211 Å². The van der Waals surface area contributed by atoms with Crippen LogP contribution in [0.3, 0.4) is 0 Å². The van der Waals surface area contributed by atoms with Gasteiger partial charge in [-0.05, 0) is 12.8 Å². The largest absolute Gasteiger partial charge is 0.268 e. The first-order valence-corrected chi connectivity index (χ1v) is 10.7. The molecule has 0 aromatic carbocycles. The Hall–Kier alpha value is -1.06. The van der Waals surface area contributed by atoms with E-state index in [1.54, 1.807) is 12.4 Å². The fourth-order valence-corrected chi connectivity index (χ4v) is 1.27. The summed E-state index contributed by atoms with van der Waals surface area (Å²) >= 11 is 0. The van der Waals surface area contributed by atoms with Gasteiger partial charge in [0, 0.05) is 50.2 Å². The van der Waals surface area contributed by atoms with E-state index in [1.165, 1.54) is 0 Å². The topological polar surface area (TPSA) is 49.4 Å². The van der Waals surface area contributed by atoms with Crippen LogP contribution in [0.1, 0.15) is 68.2 Å². The number of aliphatic imine (C=N–C) groups is 4. The third-order valence-electron chi connectivity index (χ3n) is 2.22. The van der Waals surface area contributed by atoms with E-state index in [4.69, 9.17) is 0 Å². The molecule has 2 heterocycles. The molecule has 2 aliphatic carbocycles. The summed E-state index contributed by atoms with van der Waals surface area (Å²) in [6, 6.07) is 2.47. The normalized spacial score (nSPS) is 13.0. The maximum absolute atomic E-state index is 3.74. The van der Waals surface area contributed by atoms with Crippen molar-refractivity contribution in [2.45, 2.75) is 68.2 Å². The first kappa shape index (κ1) is 38.5. The molecule has 4 nitrogen and oxygen atoms in total. The second-order valence-corrected chi connectivity index (χ2v) is 3.85. The third kappa shape index (κ3) is 46.7. The number of rotatable bonds is 0. The number of allylic oxidation sites excluding steroid dienone is 8. The van der Waals surface area contributed by atoms with Gasteiger partial charge in [-0.15, -0.1) is 0 Å². The zero-order chi connectivity index (χ0) is 22.1. The molecule has 0 saturated carbocycles.